The number of nitriles is 1. The summed E-state index contributed by atoms with van der Waals surface area (Å²) >= 11 is 0. The second kappa shape index (κ2) is 3.62. The predicted molar refractivity (Wildman–Crippen MR) is 38.5 cm³/mol. The summed E-state index contributed by atoms with van der Waals surface area (Å²) < 4.78 is 48.9. The molecule has 0 radical (unpaired) electrons. The van der Waals surface area contributed by atoms with Gasteiger partial charge in [0.25, 0.3) is 0 Å². The van der Waals surface area contributed by atoms with Crippen LogP contribution in [0.25, 0.3) is 0 Å². The molecule has 14 heavy (non-hydrogen) atoms. The van der Waals surface area contributed by atoms with E-state index in [-0.39, 0.29) is 18.1 Å². The first-order valence-corrected chi connectivity index (χ1v) is 3.53. The van der Waals surface area contributed by atoms with Crippen molar-refractivity contribution < 1.29 is 17.6 Å². The molecule has 0 bridgehead atoms. The fourth-order valence-corrected chi connectivity index (χ4v) is 0.829. The Labute approximate surface area is 76.8 Å². The lowest BCUT2D eigenvalue weighted by Crippen LogP contribution is -2.09. The van der Waals surface area contributed by atoms with E-state index in [1.54, 1.807) is 6.07 Å². The molecule has 74 valence electrons. The van der Waals surface area contributed by atoms with Gasteiger partial charge in [-0.25, -0.2) is 4.39 Å². The number of hydrogen-bond acceptors (Lipinski definition) is 2. The summed E-state index contributed by atoms with van der Waals surface area (Å²) in [6.07, 6.45) is -4.23. The van der Waals surface area contributed by atoms with E-state index in [1.807, 2.05) is 0 Å². The van der Waals surface area contributed by atoms with Gasteiger partial charge in [0.2, 0.25) is 0 Å². The Morgan fingerprint density at radius 1 is 1.43 bits per heavy atom. The second-order valence-corrected chi connectivity index (χ2v) is 2.49. The fourth-order valence-electron chi connectivity index (χ4n) is 0.829. The van der Waals surface area contributed by atoms with Crippen LogP contribution in [0.15, 0.2) is 12.3 Å². The third kappa shape index (κ3) is 2.19. The molecule has 0 N–H and O–H groups in total. The summed E-state index contributed by atoms with van der Waals surface area (Å²) in [6.45, 7) is 0. The molecular formula is C8H4F4N2. The van der Waals surface area contributed by atoms with Crippen molar-refractivity contribution in [3.8, 4) is 6.07 Å². The number of pyridine rings is 1. The highest BCUT2D eigenvalue weighted by molar-refractivity contribution is 5.20. The molecule has 0 saturated carbocycles. The highest BCUT2D eigenvalue weighted by Crippen LogP contribution is 2.28. The quantitative estimate of drug-likeness (QED) is 0.658. The van der Waals surface area contributed by atoms with Crippen molar-refractivity contribution in [2.45, 2.75) is 12.6 Å². The molecule has 0 fully saturated rings. The Balaban J connectivity index is 3.08. The van der Waals surface area contributed by atoms with Gasteiger partial charge in [-0.3, -0.25) is 4.98 Å². The minimum atomic E-state index is -4.66. The van der Waals surface area contributed by atoms with Crippen molar-refractivity contribution in [2.75, 3.05) is 0 Å². The van der Waals surface area contributed by atoms with E-state index in [9.17, 15) is 17.6 Å². The summed E-state index contributed by atoms with van der Waals surface area (Å²) in [7, 11) is 0. The normalized spacial score (nSPS) is 11.1. The van der Waals surface area contributed by atoms with Crippen molar-refractivity contribution in [3.05, 3.63) is 29.3 Å². The van der Waals surface area contributed by atoms with Gasteiger partial charge in [-0.1, -0.05) is 0 Å². The number of nitrogens with zero attached hydrogens (tertiary/aromatic N) is 2. The number of hydrogen-bond donors (Lipinski definition) is 0. The maximum absolute atomic E-state index is 12.9. The van der Waals surface area contributed by atoms with Crippen LogP contribution in [0.5, 0.6) is 0 Å². The van der Waals surface area contributed by atoms with Crippen LogP contribution < -0.4 is 0 Å². The number of halogens is 4. The van der Waals surface area contributed by atoms with Gasteiger partial charge >= 0.3 is 6.18 Å². The molecule has 6 heteroatoms. The summed E-state index contributed by atoms with van der Waals surface area (Å²) in [4.78, 5) is 3.01. The fraction of sp³-hybridized carbons (Fsp3) is 0.250. The molecule has 0 aliphatic heterocycles. The third-order valence-corrected chi connectivity index (χ3v) is 1.49. The lowest BCUT2D eigenvalue weighted by atomic mass is 10.2. The average molecular weight is 204 g/mol. The molecule has 0 aromatic carbocycles. The second-order valence-electron chi connectivity index (χ2n) is 2.49. The van der Waals surface area contributed by atoms with Gasteiger partial charge in [-0.15, -0.1) is 0 Å². The third-order valence-electron chi connectivity index (χ3n) is 1.49. The zero-order valence-corrected chi connectivity index (χ0v) is 6.77. The van der Waals surface area contributed by atoms with E-state index in [1.165, 1.54) is 0 Å². The molecule has 0 aliphatic rings. The Bertz CT molecular complexity index is 378. The van der Waals surface area contributed by atoms with Crippen LogP contribution in [0.1, 0.15) is 11.3 Å². The molecule has 0 spiro atoms. The van der Waals surface area contributed by atoms with Crippen LogP contribution in [0.3, 0.4) is 0 Å². The van der Waals surface area contributed by atoms with Crippen molar-refractivity contribution >= 4 is 0 Å². The van der Waals surface area contributed by atoms with Crippen molar-refractivity contribution in [3.63, 3.8) is 0 Å². The highest BCUT2D eigenvalue weighted by atomic mass is 19.4. The first-order chi connectivity index (χ1) is 6.45. The maximum Gasteiger partial charge on any atom is 0.433 e. The van der Waals surface area contributed by atoms with E-state index in [0.29, 0.717) is 0 Å². The van der Waals surface area contributed by atoms with Gasteiger partial charge in [-0.05, 0) is 0 Å². The van der Waals surface area contributed by atoms with Crippen LogP contribution in [-0.2, 0) is 12.6 Å². The van der Waals surface area contributed by atoms with E-state index in [0.717, 1.165) is 6.20 Å². The Morgan fingerprint density at radius 2 is 2.07 bits per heavy atom. The van der Waals surface area contributed by atoms with Crippen molar-refractivity contribution in [1.29, 1.82) is 5.26 Å². The smallest absolute Gasteiger partial charge is 0.251 e. The lowest BCUT2D eigenvalue weighted by Gasteiger charge is -2.06. The lowest BCUT2D eigenvalue weighted by molar-refractivity contribution is -0.141. The minimum Gasteiger partial charge on any atom is -0.251 e. The van der Waals surface area contributed by atoms with E-state index in [4.69, 9.17) is 5.26 Å². The van der Waals surface area contributed by atoms with Gasteiger partial charge in [0.15, 0.2) is 0 Å². The summed E-state index contributed by atoms with van der Waals surface area (Å²) in [5.74, 6) is -1.06. The van der Waals surface area contributed by atoms with Crippen LogP contribution in [-0.4, -0.2) is 4.98 Å². The monoisotopic (exact) mass is 204 g/mol. The van der Waals surface area contributed by atoms with Crippen molar-refractivity contribution in [2.24, 2.45) is 0 Å². The summed E-state index contributed by atoms with van der Waals surface area (Å²) in [6, 6.07) is 1.91. The topological polar surface area (TPSA) is 36.7 Å². The molecule has 0 unspecified atom stereocenters. The first kappa shape index (κ1) is 10.4. The Kier molecular flexibility index (Phi) is 2.70. The zero-order valence-electron chi connectivity index (χ0n) is 6.77. The molecule has 0 saturated heterocycles. The molecule has 1 heterocycles. The molecular weight excluding hydrogens is 200 g/mol. The number of alkyl halides is 3. The Hall–Kier alpha value is -1.64. The van der Waals surface area contributed by atoms with Crippen molar-refractivity contribution in [1.82, 2.24) is 4.98 Å². The summed E-state index contributed by atoms with van der Waals surface area (Å²) in [5, 5.41) is 8.21. The largest absolute Gasteiger partial charge is 0.433 e. The molecule has 1 aromatic rings. The van der Waals surface area contributed by atoms with Gasteiger partial charge < -0.3 is 0 Å². The SMILES string of the molecule is N#CCc1cnc(C(F)(F)F)cc1F. The van der Waals surface area contributed by atoms with Crippen LogP contribution >= 0.6 is 0 Å². The zero-order chi connectivity index (χ0) is 10.8. The van der Waals surface area contributed by atoms with E-state index < -0.39 is 17.7 Å². The van der Waals surface area contributed by atoms with Gasteiger partial charge in [-0.2, -0.15) is 18.4 Å². The van der Waals surface area contributed by atoms with Crippen LogP contribution in [0, 0.1) is 17.1 Å². The molecule has 2 nitrogen and oxygen atoms in total. The Morgan fingerprint density at radius 3 is 2.50 bits per heavy atom. The van der Waals surface area contributed by atoms with Crippen LogP contribution in [0.2, 0.25) is 0 Å². The highest BCUT2D eigenvalue weighted by Gasteiger charge is 2.33. The number of rotatable bonds is 1. The standard InChI is InChI=1S/C8H4F4N2/c9-6-3-7(8(10,11)12)14-4-5(6)1-2-13/h3-4H,1H2. The average Bonchev–Trinajstić information content (AvgIpc) is 2.07. The van der Waals surface area contributed by atoms with Gasteiger partial charge in [0, 0.05) is 17.8 Å². The van der Waals surface area contributed by atoms with Crippen LogP contribution in [0.4, 0.5) is 17.6 Å². The molecule has 0 atom stereocenters. The minimum absolute atomic E-state index is 0.138. The first-order valence-electron chi connectivity index (χ1n) is 3.53. The number of aromatic nitrogens is 1. The summed E-state index contributed by atoms with van der Waals surface area (Å²) in [5.41, 5.74) is -1.43. The molecule has 1 aromatic heterocycles. The van der Waals surface area contributed by atoms with E-state index >= 15 is 0 Å². The molecule has 0 amide bonds. The van der Waals surface area contributed by atoms with Gasteiger partial charge in [0.1, 0.15) is 11.5 Å². The predicted octanol–water partition coefficient (Wildman–Crippen LogP) is 2.31. The van der Waals surface area contributed by atoms with Gasteiger partial charge in [0.05, 0.1) is 12.5 Å². The maximum atomic E-state index is 12.9. The van der Waals surface area contributed by atoms with E-state index in [2.05, 4.69) is 4.98 Å². The molecule has 1 rings (SSSR count). The molecule has 0 aliphatic carbocycles.